The van der Waals surface area contributed by atoms with Gasteiger partial charge in [-0.15, -0.1) is 11.3 Å². The highest BCUT2D eigenvalue weighted by atomic mass is 32.2. The molecule has 9 heteroatoms. The van der Waals surface area contributed by atoms with Crippen LogP contribution in [0.2, 0.25) is 0 Å². The van der Waals surface area contributed by atoms with Gasteiger partial charge < -0.3 is 10.0 Å². The molecule has 3 N–H and O–H groups in total. The molecule has 1 heterocycles. The van der Waals surface area contributed by atoms with Gasteiger partial charge in [-0.3, -0.25) is 4.79 Å². The van der Waals surface area contributed by atoms with Gasteiger partial charge in [-0.05, 0) is 29.7 Å². The highest BCUT2D eigenvalue weighted by Gasteiger charge is 2.23. The summed E-state index contributed by atoms with van der Waals surface area (Å²) < 4.78 is 35.7. The average Bonchev–Trinajstić information content (AvgIpc) is 3.04. The van der Waals surface area contributed by atoms with Crippen molar-refractivity contribution in [2.45, 2.75) is 24.2 Å². The fourth-order valence-corrected chi connectivity index (χ4v) is 4.02. The van der Waals surface area contributed by atoms with Crippen LogP contribution in [0.3, 0.4) is 0 Å². The molecule has 0 saturated carbocycles. The number of nitrogens with two attached hydrogens (primary N) is 1. The maximum absolute atomic E-state index is 13.0. The lowest BCUT2D eigenvalue weighted by atomic mass is 10.1. The number of primary sulfonamides is 1. The first kappa shape index (κ1) is 20.5. The molecule has 2 aromatic rings. The van der Waals surface area contributed by atoms with Gasteiger partial charge in [-0.25, -0.2) is 17.9 Å². The zero-order valence-electron chi connectivity index (χ0n) is 14.4. The molecule has 1 aromatic heterocycles. The van der Waals surface area contributed by atoms with Crippen molar-refractivity contribution in [3.63, 3.8) is 0 Å². The number of aliphatic hydroxyl groups is 1. The van der Waals surface area contributed by atoms with Crippen LogP contribution < -0.4 is 5.14 Å². The van der Waals surface area contributed by atoms with Gasteiger partial charge >= 0.3 is 0 Å². The van der Waals surface area contributed by atoms with Gasteiger partial charge in [0.1, 0.15) is 10.0 Å². The van der Waals surface area contributed by atoms with Crippen LogP contribution in [0.15, 0.2) is 39.9 Å². The van der Waals surface area contributed by atoms with Crippen molar-refractivity contribution >= 4 is 27.3 Å². The number of thiophene rings is 1. The van der Waals surface area contributed by atoms with Crippen molar-refractivity contribution < 1.29 is 22.7 Å². The third-order valence-electron chi connectivity index (χ3n) is 3.62. The Hall–Kier alpha value is -1.81. The van der Waals surface area contributed by atoms with Crippen LogP contribution in [-0.2, 0) is 10.0 Å². The quantitative estimate of drug-likeness (QED) is 0.745. The van der Waals surface area contributed by atoms with Crippen molar-refractivity contribution in [1.29, 1.82) is 0 Å². The Labute approximate surface area is 156 Å². The van der Waals surface area contributed by atoms with E-state index in [2.05, 4.69) is 0 Å². The third-order valence-corrected chi connectivity index (χ3v) is 6.01. The summed E-state index contributed by atoms with van der Waals surface area (Å²) in [5, 5.41) is 16.9. The Morgan fingerprint density at radius 3 is 2.38 bits per heavy atom. The summed E-state index contributed by atoms with van der Waals surface area (Å²) >= 11 is 0.873. The summed E-state index contributed by atoms with van der Waals surface area (Å²) in [6.45, 7) is 4.22. The highest BCUT2D eigenvalue weighted by Crippen LogP contribution is 2.22. The third kappa shape index (κ3) is 5.34. The number of hydrogen-bond acceptors (Lipinski definition) is 5. The van der Waals surface area contributed by atoms with E-state index in [1.54, 1.807) is 0 Å². The van der Waals surface area contributed by atoms with Crippen LogP contribution in [0.5, 0.6) is 0 Å². The number of amides is 1. The van der Waals surface area contributed by atoms with E-state index < -0.39 is 27.9 Å². The molecule has 0 radical (unpaired) electrons. The number of sulfonamides is 1. The lowest BCUT2D eigenvalue weighted by Crippen LogP contribution is -2.37. The number of carbonyl (C=O) groups is 1. The summed E-state index contributed by atoms with van der Waals surface area (Å²) in [4.78, 5) is 14.2. The van der Waals surface area contributed by atoms with Gasteiger partial charge in [0, 0.05) is 11.9 Å². The number of carbonyl (C=O) groups excluding carboxylic acids is 1. The van der Waals surface area contributed by atoms with Crippen molar-refractivity contribution in [2.75, 3.05) is 13.1 Å². The predicted molar refractivity (Wildman–Crippen MR) is 97.8 cm³/mol. The predicted octanol–water partition coefficient (Wildman–Crippen LogP) is 2.37. The molecule has 0 aliphatic heterocycles. The number of hydrogen-bond donors (Lipinski definition) is 2. The van der Waals surface area contributed by atoms with Crippen molar-refractivity contribution in [2.24, 2.45) is 11.1 Å². The van der Waals surface area contributed by atoms with Crippen LogP contribution in [0.25, 0.3) is 0 Å². The van der Waals surface area contributed by atoms with Gasteiger partial charge in [0.25, 0.3) is 5.91 Å². The fraction of sp³-hybridized carbons (Fsp3) is 0.353. The zero-order valence-corrected chi connectivity index (χ0v) is 16.1. The molecule has 142 valence electrons. The second-order valence-electron chi connectivity index (χ2n) is 6.37. The van der Waals surface area contributed by atoms with Gasteiger partial charge in [-0.1, -0.05) is 26.0 Å². The first-order chi connectivity index (χ1) is 12.1. The summed E-state index contributed by atoms with van der Waals surface area (Å²) in [7, 11) is -3.87. The monoisotopic (exact) mass is 400 g/mol. The van der Waals surface area contributed by atoms with E-state index in [1.165, 1.54) is 40.6 Å². The first-order valence-corrected chi connectivity index (χ1v) is 10.3. The molecule has 2 rings (SSSR count). The number of halogens is 1. The molecule has 6 nitrogen and oxygen atoms in total. The molecule has 1 aromatic carbocycles. The van der Waals surface area contributed by atoms with Crippen LogP contribution in [0, 0.1) is 11.7 Å². The van der Waals surface area contributed by atoms with Crippen LogP contribution >= 0.6 is 11.3 Å². The van der Waals surface area contributed by atoms with Crippen LogP contribution in [0.1, 0.15) is 35.9 Å². The molecule has 0 spiro atoms. The molecule has 26 heavy (non-hydrogen) atoms. The largest absolute Gasteiger partial charge is 0.387 e. The fourth-order valence-electron chi connectivity index (χ4n) is 2.44. The molecule has 0 fully saturated rings. The van der Waals surface area contributed by atoms with Gasteiger partial charge in [0.2, 0.25) is 10.0 Å². The SMILES string of the molecule is CC(C)CN(CC(O)c1ccc(F)cc1)C(=O)c1csc(S(N)(=O)=O)c1. The normalized spacial score (nSPS) is 13.0. The van der Waals surface area contributed by atoms with E-state index in [0.29, 0.717) is 12.1 Å². The lowest BCUT2D eigenvalue weighted by molar-refractivity contribution is 0.0595. The highest BCUT2D eigenvalue weighted by molar-refractivity contribution is 7.91. The molecule has 1 unspecified atom stereocenters. The molecular weight excluding hydrogens is 379 g/mol. The summed E-state index contributed by atoms with van der Waals surface area (Å²) in [5.74, 6) is -0.674. The zero-order chi connectivity index (χ0) is 19.5. The van der Waals surface area contributed by atoms with E-state index in [9.17, 15) is 22.7 Å². The number of aliphatic hydroxyl groups excluding tert-OH is 1. The second-order valence-corrected chi connectivity index (χ2v) is 9.07. The minimum atomic E-state index is -3.87. The molecule has 1 atom stereocenters. The molecular formula is C17H21FN2O4S2. The minimum Gasteiger partial charge on any atom is -0.387 e. The average molecular weight is 400 g/mol. The molecule has 0 aliphatic carbocycles. The standard InChI is InChI=1S/C17H21FN2O4S2/c1-11(2)8-20(9-15(21)12-3-5-14(18)6-4-12)17(22)13-7-16(25-10-13)26(19,23)24/h3-7,10-11,15,21H,8-9H2,1-2H3,(H2,19,23,24). The maximum Gasteiger partial charge on any atom is 0.254 e. The van der Waals surface area contributed by atoms with Crippen molar-refractivity contribution in [1.82, 2.24) is 4.90 Å². The Morgan fingerprint density at radius 1 is 1.27 bits per heavy atom. The van der Waals surface area contributed by atoms with E-state index in [-0.39, 0.29) is 22.2 Å². The van der Waals surface area contributed by atoms with Gasteiger partial charge in [0.15, 0.2) is 0 Å². The number of benzene rings is 1. The summed E-state index contributed by atoms with van der Waals surface area (Å²) in [5.41, 5.74) is 0.689. The Balaban J connectivity index is 2.21. The molecule has 1 amide bonds. The summed E-state index contributed by atoms with van der Waals surface area (Å²) in [6.07, 6.45) is -0.991. The lowest BCUT2D eigenvalue weighted by Gasteiger charge is -2.27. The molecule has 0 aliphatic rings. The number of nitrogens with zero attached hydrogens (tertiary/aromatic N) is 1. The van der Waals surface area contributed by atoms with Crippen LogP contribution in [-0.4, -0.2) is 37.4 Å². The van der Waals surface area contributed by atoms with Crippen LogP contribution in [0.4, 0.5) is 4.39 Å². The summed E-state index contributed by atoms with van der Waals surface area (Å²) in [6, 6.07) is 6.64. The Morgan fingerprint density at radius 2 is 1.88 bits per heavy atom. The molecule has 0 bridgehead atoms. The second kappa shape index (κ2) is 8.26. The van der Waals surface area contributed by atoms with Crippen molar-refractivity contribution in [3.05, 3.63) is 52.7 Å². The maximum atomic E-state index is 13.0. The topological polar surface area (TPSA) is 101 Å². The van der Waals surface area contributed by atoms with E-state index in [1.807, 2.05) is 13.8 Å². The number of rotatable bonds is 7. The van der Waals surface area contributed by atoms with Gasteiger partial charge in [0.05, 0.1) is 18.2 Å². The first-order valence-electron chi connectivity index (χ1n) is 7.92. The van der Waals surface area contributed by atoms with E-state index in [4.69, 9.17) is 5.14 Å². The van der Waals surface area contributed by atoms with Gasteiger partial charge in [-0.2, -0.15) is 0 Å². The minimum absolute atomic E-state index is 0.00318. The molecule has 0 saturated heterocycles. The Bertz CT molecular complexity index is 863. The smallest absolute Gasteiger partial charge is 0.254 e. The Kier molecular flexibility index (Phi) is 6.51. The van der Waals surface area contributed by atoms with E-state index >= 15 is 0 Å². The van der Waals surface area contributed by atoms with E-state index in [0.717, 1.165) is 11.3 Å². The van der Waals surface area contributed by atoms with Crippen molar-refractivity contribution in [3.8, 4) is 0 Å².